The predicted octanol–water partition coefficient (Wildman–Crippen LogP) is 13.3. The number of para-hydroxylation sites is 1. The Bertz CT molecular complexity index is 3300. The topological polar surface area (TPSA) is 49.9 Å². The number of aryl methyl sites for hydroxylation is 1. The van der Waals surface area contributed by atoms with Crippen LogP contribution in [0.15, 0.2) is 184 Å². The van der Waals surface area contributed by atoms with Crippen molar-refractivity contribution in [1.29, 1.82) is 0 Å². The van der Waals surface area contributed by atoms with E-state index in [4.69, 9.17) is 14.4 Å². The van der Waals surface area contributed by atoms with E-state index in [1.807, 2.05) is 17.4 Å². The van der Waals surface area contributed by atoms with Gasteiger partial charge in [0.1, 0.15) is 22.8 Å². The van der Waals surface area contributed by atoms with Crippen LogP contribution < -0.4 is 5.32 Å². The molecule has 2 atom stereocenters. The van der Waals surface area contributed by atoms with Crippen molar-refractivity contribution in [3.8, 4) is 11.1 Å². The van der Waals surface area contributed by atoms with Crippen molar-refractivity contribution in [1.82, 2.24) is 5.32 Å². The maximum absolute atomic E-state index is 6.76. The number of hydrogen-bond acceptors (Lipinski definition) is 5. The van der Waals surface area contributed by atoms with E-state index in [1.165, 1.54) is 64.1 Å². The van der Waals surface area contributed by atoms with Gasteiger partial charge in [-0.2, -0.15) is 0 Å². The summed E-state index contributed by atoms with van der Waals surface area (Å²) in [6, 6.07) is 61.2. The van der Waals surface area contributed by atoms with Crippen LogP contribution in [0.25, 0.3) is 64.0 Å². The van der Waals surface area contributed by atoms with E-state index in [0.717, 1.165) is 57.8 Å². The van der Waals surface area contributed by atoms with Crippen molar-refractivity contribution < 1.29 is 4.42 Å². The first-order valence-electron chi connectivity index (χ1n) is 19.7. The number of rotatable bonds is 4. The molecule has 4 nitrogen and oxygen atoms in total. The highest BCUT2D eigenvalue weighted by Crippen LogP contribution is 2.46. The number of hydrogen-bond donors (Lipinski definition) is 1. The molecule has 1 aliphatic carbocycles. The lowest BCUT2D eigenvalue weighted by Crippen LogP contribution is -2.36. The lowest BCUT2D eigenvalue weighted by molar-refractivity contribution is 0.667. The zero-order valence-corrected chi connectivity index (χ0v) is 31.8. The molecule has 5 heteroatoms. The molecule has 12 rings (SSSR count). The fourth-order valence-electron chi connectivity index (χ4n) is 9.35. The molecule has 2 aliphatic rings. The third kappa shape index (κ3) is 5.27. The summed E-state index contributed by atoms with van der Waals surface area (Å²) in [5.74, 6) is 1.72. The van der Waals surface area contributed by atoms with Gasteiger partial charge < -0.3 is 9.73 Å². The fraction of sp³-hybridized carbons (Fsp3) is 0.0769. The number of aliphatic imine (C=N–C) groups is 2. The van der Waals surface area contributed by atoms with Gasteiger partial charge in [-0.05, 0) is 93.4 Å². The minimum absolute atomic E-state index is 0.119. The van der Waals surface area contributed by atoms with Gasteiger partial charge in [-0.25, -0.2) is 9.98 Å². The van der Waals surface area contributed by atoms with Crippen LogP contribution in [0.3, 0.4) is 0 Å². The highest BCUT2D eigenvalue weighted by molar-refractivity contribution is 7.25. The Kier molecular flexibility index (Phi) is 7.32. The van der Waals surface area contributed by atoms with Gasteiger partial charge in [-0.1, -0.05) is 133 Å². The molecule has 0 radical (unpaired) electrons. The normalized spacial score (nSPS) is 16.6. The summed E-state index contributed by atoms with van der Waals surface area (Å²) in [5.41, 5.74) is 11.5. The molecular formula is C52H35N3OS. The minimum Gasteiger partial charge on any atom is -0.456 e. The van der Waals surface area contributed by atoms with Crippen molar-refractivity contribution >= 4 is 75.9 Å². The summed E-state index contributed by atoms with van der Waals surface area (Å²) in [6.07, 6.45) is 1.51. The second kappa shape index (κ2) is 12.9. The van der Waals surface area contributed by atoms with Crippen LogP contribution in [-0.4, -0.2) is 11.7 Å². The van der Waals surface area contributed by atoms with Crippen molar-refractivity contribution in [2.75, 3.05) is 0 Å². The van der Waals surface area contributed by atoms with Crippen LogP contribution in [0.2, 0.25) is 0 Å². The molecule has 0 saturated carbocycles. The molecule has 0 saturated heterocycles. The van der Waals surface area contributed by atoms with Crippen LogP contribution in [0, 0.1) is 0 Å². The molecular weight excluding hydrogens is 715 g/mol. The van der Waals surface area contributed by atoms with Gasteiger partial charge in [0.05, 0.1) is 0 Å². The number of amidine groups is 2. The fourth-order valence-corrected chi connectivity index (χ4v) is 10.5. The van der Waals surface area contributed by atoms with Gasteiger partial charge in [-0.15, -0.1) is 11.3 Å². The first kappa shape index (κ1) is 32.4. The third-order valence-corrected chi connectivity index (χ3v) is 13.1. The number of nitrogens with zero attached hydrogens (tertiary/aromatic N) is 2. The summed E-state index contributed by atoms with van der Waals surface area (Å²) in [6.45, 7) is 0. The molecule has 10 aromatic rings. The Balaban J connectivity index is 1.06. The average molecular weight is 750 g/mol. The maximum Gasteiger partial charge on any atom is 0.169 e. The van der Waals surface area contributed by atoms with Crippen molar-refractivity contribution in [2.45, 2.75) is 24.9 Å². The standard InChI is InChI=1S/C52H35N3OS/c1-2-13-31(14-3-1)50-53-51(55-52(54-50)41-21-12-24-47-49(41)40-20-9-11-23-46(40)57-47)35-29-43(48-39-19-8-10-22-44(39)56-45(48)30-35)38-26-25-34-27-32-15-4-5-16-33(32)28-42(34)37-18-7-6-17-36(37)38/h1-24,27-30,38,50H,25-26H2,(H,53,54,55)/t38-,50?/m1/s1. The number of thiophene rings is 1. The van der Waals surface area contributed by atoms with Crippen LogP contribution >= 0.6 is 11.3 Å². The van der Waals surface area contributed by atoms with Gasteiger partial charge in [0.25, 0.3) is 0 Å². The zero-order valence-electron chi connectivity index (χ0n) is 30.9. The van der Waals surface area contributed by atoms with Crippen molar-refractivity contribution in [2.24, 2.45) is 9.98 Å². The predicted molar refractivity (Wildman–Crippen MR) is 238 cm³/mol. The molecule has 0 bridgehead atoms. The summed E-state index contributed by atoms with van der Waals surface area (Å²) in [7, 11) is 0. The van der Waals surface area contributed by atoms with E-state index in [1.54, 1.807) is 0 Å². The van der Waals surface area contributed by atoms with E-state index in [-0.39, 0.29) is 5.92 Å². The molecule has 270 valence electrons. The van der Waals surface area contributed by atoms with Gasteiger partial charge in [0.15, 0.2) is 6.17 Å². The number of fused-ring (bicyclic) bond motifs is 10. The Morgan fingerprint density at radius 2 is 1.25 bits per heavy atom. The highest BCUT2D eigenvalue weighted by atomic mass is 32.1. The number of nitrogens with one attached hydrogen (secondary N) is 1. The summed E-state index contributed by atoms with van der Waals surface area (Å²) >= 11 is 1.82. The maximum atomic E-state index is 6.76. The molecule has 0 amide bonds. The van der Waals surface area contributed by atoms with E-state index >= 15 is 0 Å². The molecule has 1 aliphatic heterocycles. The first-order valence-corrected chi connectivity index (χ1v) is 20.5. The van der Waals surface area contributed by atoms with E-state index in [9.17, 15) is 0 Å². The molecule has 8 aromatic carbocycles. The molecule has 1 unspecified atom stereocenters. The van der Waals surface area contributed by atoms with E-state index in [2.05, 4.69) is 169 Å². The van der Waals surface area contributed by atoms with E-state index in [0.29, 0.717) is 0 Å². The minimum atomic E-state index is -0.422. The SMILES string of the molecule is c1ccc(C2N=C(c3cc([C@@H]4CCc5cc6ccccc6cc5-c5ccccc54)c4c(c3)oc3ccccc34)NC(c3cccc4sc5ccccc5c34)=N2)cc1. The molecule has 0 spiro atoms. The smallest absolute Gasteiger partial charge is 0.169 e. The molecule has 1 N–H and O–H groups in total. The van der Waals surface area contributed by atoms with Gasteiger partial charge in [0.2, 0.25) is 0 Å². The lowest BCUT2D eigenvalue weighted by Gasteiger charge is -2.24. The second-order valence-electron chi connectivity index (χ2n) is 15.2. The summed E-state index contributed by atoms with van der Waals surface area (Å²) in [5, 5.41) is 11.1. The van der Waals surface area contributed by atoms with Crippen LogP contribution in [0.5, 0.6) is 0 Å². The van der Waals surface area contributed by atoms with Crippen LogP contribution in [0.1, 0.15) is 51.9 Å². The highest BCUT2D eigenvalue weighted by Gasteiger charge is 2.29. The molecule has 2 aromatic heterocycles. The van der Waals surface area contributed by atoms with Gasteiger partial charge in [-0.3, -0.25) is 0 Å². The van der Waals surface area contributed by atoms with Gasteiger partial charge >= 0.3 is 0 Å². The van der Waals surface area contributed by atoms with Crippen LogP contribution in [0.4, 0.5) is 0 Å². The molecule has 3 heterocycles. The monoisotopic (exact) mass is 749 g/mol. The number of furan rings is 1. The summed E-state index contributed by atoms with van der Waals surface area (Å²) in [4.78, 5) is 10.7. The Morgan fingerprint density at radius 1 is 0.526 bits per heavy atom. The number of benzene rings is 8. The zero-order chi connectivity index (χ0) is 37.5. The van der Waals surface area contributed by atoms with Crippen molar-refractivity contribution in [3.05, 3.63) is 203 Å². The largest absolute Gasteiger partial charge is 0.456 e. The lowest BCUT2D eigenvalue weighted by atomic mass is 9.83. The van der Waals surface area contributed by atoms with Crippen molar-refractivity contribution in [3.63, 3.8) is 0 Å². The first-order chi connectivity index (χ1) is 28.2. The van der Waals surface area contributed by atoms with Crippen LogP contribution in [-0.2, 0) is 6.42 Å². The Hall–Kier alpha value is -6.82. The van der Waals surface area contributed by atoms with E-state index < -0.39 is 6.17 Å². The second-order valence-corrected chi connectivity index (χ2v) is 16.3. The Morgan fingerprint density at radius 3 is 2.16 bits per heavy atom. The third-order valence-electron chi connectivity index (χ3n) is 12.0. The Labute approximate surface area is 333 Å². The summed E-state index contributed by atoms with van der Waals surface area (Å²) < 4.78 is 9.26. The van der Waals surface area contributed by atoms with Gasteiger partial charge in [0, 0.05) is 48.0 Å². The quantitative estimate of drug-likeness (QED) is 0.195. The average Bonchev–Trinajstić information content (AvgIpc) is 3.80. The molecule has 57 heavy (non-hydrogen) atoms. The molecule has 0 fully saturated rings.